The second kappa shape index (κ2) is 6.50. The molecule has 1 N–H and O–H groups in total. The van der Waals surface area contributed by atoms with Crippen LogP contribution in [0.2, 0.25) is 0 Å². The average molecular weight is 363 g/mol. The molecule has 0 aliphatic heterocycles. The van der Waals surface area contributed by atoms with Gasteiger partial charge in [-0.1, -0.05) is 12.1 Å². The van der Waals surface area contributed by atoms with E-state index in [1.165, 1.54) is 0 Å². The number of aromatic nitrogens is 4. The first kappa shape index (κ1) is 17.2. The Morgan fingerprint density at radius 1 is 1.19 bits per heavy atom. The number of anilines is 1. The lowest BCUT2D eigenvalue weighted by Gasteiger charge is -2.08. The molecule has 4 aromatic rings. The van der Waals surface area contributed by atoms with E-state index in [-0.39, 0.29) is 5.91 Å². The third-order valence-corrected chi connectivity index (χ3v) is 4.63. The summed E-state index contributed by atoms with van der Waals surface area (Å²) in [7, 11) is 0. The zero-order valence-electron chi connectivity index (χ0n) is 15.8. The lowest BCUT2D eigenvalue weighted by atomic mass is 10.1. The number of pyridine rings is 1. The number of imidazole rings is 1. The Hall–Kier alpha value is -3.22. The highest BCUT2D eigenvalue weighted by Crippen LogP contribution is 2.25. The van der Waals surface area contributed by atoms with Gasteiger partial charge in [-0.05, 0) is 51.5 Å². The molecule has 0 aliphatic carbocycles. The molecule has 4 rings (SSSR count). The average Bonchev–Trinajstić information content (AvgIpc) is 3.14. The molecule has 0 atom stereocenters. The van der Waals surface area contributed by atoms with Gasteiger partial charge in [0.05, 0.1) is 27.7 Å². The van der Waals surface area contributed by atoms with Crippen LogP contribution < -0.4 is 5.32 Å². The summed E-state index contributed by atoms with van der Waals surface area (Å²) in [6.07, 6.45) is 1.04. The Kier molecular flexibility index (Phi) is 4.14. The van der Waals surface area contributed by atoms with Crippen LogP contribution >= 0.6 is 0 Å². The number of fused-ring (bicyclic) bond motifs is 2. The minimum atomic E-state index is -0.221. The highest BCUT2D eigenvalue weighted by Gasteiger charge is 2.18. The monoisotopic (exact) mass is 363 g/mol. The number of hydrogen-bond acceptors (Lipinski definition) is 5. The van der Waals surface area contributed by atoms with E-state index in [2.05, 4.69) is 31.9 Å². The van der Waals surface area contributed by atoms with E-state index in [1.807, 2.05) is 32.0 Å². The van der Waals surface area contributed by atoms with E-state index in [0.29, 0.717) is 33.7 Å². The minimum absolute atomic E-state index is 0.221. The second-order valence-corrected chi connectivity index (χ2v) is 6.73. The van der Waals surface area contributed by atoms with Crippen molar-refractivity contribution < 1.29 is 9.32 Å². The summed E-state index contributed by atoms with van der Waals surface area (Å²) in [5.74, 6) is 0.753. The van der Waals surface area contributed by atoms with Gasteiger partial charge in [-0.25, -0.2) is 9.97 Å². The van der Waals surface area contributed by atoms with Crippen LogP contribution in [-0.2, 0) is 6.54 Å². The van der Waals surface area contributed by atoms with Crippen molar-refractivity contribution in [2.45, 2.75) is 40.7 Å². The predicted octanol–water partition coefficient (Wildman–Crippen LogP) is 4.16. The predicted molar refractivity (Wildman–Crippen MR) is 104 cm³/mol. The molecule has 0 radical (unpaired) electrons. The van der Waals surface area contributed by atoms with Crippen LogP contribution in [0.25, 0.3) is 22.1 Å². The first-order valence-corrected chi connectivity index (χ1v) is 8.99. The van der Waals surface area contributed by atoms with E-state index in [9.17, 15) is 4.79 Å². The second-order valence-electron chi connectivity index (χ2n) is 6.73. The summed E-state index contributed by atoms with van der Waals surface area (Å²) in [6, 6.07) is 7.55. The van der Waals surface area contributed by atoms with Crippen molar-refractivity contribution >= 4 is 33.7 Å². The summed E-state index contributed by atoms with van der Waals surface area (Å²) < 4.78 is 7.40. The first-order valence-electron chi connectivity index (χ1n) is 8.99. The summed E-state index contributed by atoms with van der Waals surface area (Å²) in [5.41, 5.74) is 4.87. The highest BCUT2D eigenvalue weighted by molar-refractivity contribution is 6.12. The Morgan fingerprint density at radius 3 is 2.78 bits per heavy atom. The summed E-state index contributed by atoms with van der Waals surface area (Å²) in [6.45, 7) is 8.69. The van der Waals surface area contributed by atoms with Crippen molar-refractivity contribution in [2.24, 2.45) is 0 Å². The largest absolute Gasteiger partial charge is 0.336 e. The maximum atomic E-state index is 12.9. The van der Waals surface area contributed by atoms with E-state index >= 15 is 0 Å². The molecular formula is C20H21N5O2. The number of nitrogens with one attached hydrogen (secondary N) is 1. The molecule has 0 saturated carbocycles. The van der Waals surface area contributed by atoms with Crippen LogP contribution in [0.15, 0.2) is 28.8 Å². The fourth-order valence-corrected chi connectivity index (χ4v) is 3.43. The number of nitrogens with zero attached hydrogens (tertiary/aromatic N) is 4. The molecule has 7 heteroatoms. The van der Waals surface area contributed by atoms with Gasteiger partial charge < -0.3 is 14.4 Å². The van der Waals surface area contributed by atoms with Gasteiger partial charge in [0.15, 0.2) is 0 Å². The molecule has 0 fully saturated rings. The molecule has 3 heterocycles. The Balaban J connectivity index is 1.70. The van der Waals surface area contributed by atoms with E-state index in [1.54, 1.807) is 13.0 Å². The molecule has 7 nitrogen and oxygen atoms in total. The third kappa shape index (κ3) is 2.95. The Morgan fingerprint density at radius 2 is 2.00 bits per heavy atom. The number of amides is 1. The fourth-order valence-electron chi connectivity index (χ4n) is 3.43. The molecule has 1 amide bonds. The summed E-state index contributed by atoms with van der Waals surface area (Å²) in [5, 5.41) is 7.53. The topological polar surface area (TPSA) is 85.8 Å². The summed E-state index contributed by atoms with van der Waals surface area (Å²) >= 11 is 0. The Bertz CT molecular complexity index is 1170. The van der Waals surface area contributed by atoms with Gasteiger partial charge in [0.25, 0.3) is 11.6 Å². The number of rotatable bonds is 4. The van der Waals surface area contributed by atoms with Gasteiger partial charge in [0, 0.05) is 17.9 Å². The maximum Gasteiger partial charge on any atom is 0.258 e. The Labute approximate surface area is 156 Å². The number of carbonyl (C=O) groups excluding carboxylic acids is 1. The highest BCUT2D eigenvalue weighted by atomic mass is 16.5. The van der Waals surface area contributed by atoms with Crippen LogP contribution in [0.3, 0.4) is 0 Å². The molecule has 1 aromatic carbocycles. The fraction of sp³-hybridized carbons (Fsp3) is 0.300. The zero-order chi connectivity index (χ0) is 19.1. The minimum Gasteiger partial charge on any atom is -0.336 e. The van der Waals surface area contributed by atoms with Crippen molar-refractivity contribution in [1.29, 1.82) is 0 Å². The molecule has 3 aromatic heterocycles. The SMILES string of the molecule is CCCn1c(C)nc2cc(NC(=O)c3cc(C)nc4onc(C)c34)ccc21. The van der Waals surface area contributed by atoms with Gasteiger partial charge in [-0.15, -0.1) is 0 Å². The number of aryl methyl sites for hydroxylation is 4. The smallest absolute Gasteiger partial charge is 0.258 e. The van der Waals surface area contributed by atoms with Crippen LogP contribution in [0, 0.1) is 20.8 Å². The van der Waals surface area contributed by atoms with E-state index in [4.69, 9.17) is 4.52 Å². The zero-order valence-corrected chi connectivity index (χ0v) is 15.8. The number of carbonyl (C=O) groups is 1. The van der Waals surface area contributed by atoms with Crippen LogP contribution in [0.1, 0.15) is 40.9 Å². The molecule has 0 spiro atoms. The van der Waals surface area contributed by atoms with Crippen molar-refractivity contribution in [3.8, 4) is 0 Å². The molecule has 0 aliphatic rings. The normalized spacial score (nSPS) is 11.4. The van der Waals surface area contributed by atoms with Gasteiger partial charge in [0.1, 0.15) is 5.82 Å². The number of benzene rings is 1. The molecule has 0 unspecified atom stereocenters. The number of hydrogen-bond donors (Lipinski definition) is 1. The van der Waals surface area contributed by atoms with Crippen molar-refractivity contribution in [3.63, 3.8) is 0 Å². The van der Waals surface area contributed by atoms with Gasteiger partial charge in [-0.3, -0.25) is 4.79 Å². The van der Waals surface area contributed by atoms with Crippen LogP contribution in [0.5, 0.6) is 0 Å². The van der Waals surface area contributed by atoms with Gasteiger partial charge in [-0.2, -0.15) is 0 Å². The van der Waals surface area contributed by atoms with Crippen molar-refractivity contribution in [3.05, 3.63) is 47.0 Å². The lowest BCUT2D eigenvalue weighted by molar-refractivity contribution is 0.102. The van der Waals surface area contributed by atoms with E-state index in [0.717, 1.165) is 29.8 Å². The third-order valence-electron chi connectivity index (χ3n) is 4.63. The van der Waals surface area contributed by atoms with Gasteiger partial charge >= 0.3 is 0 Å². The molecule has 0 bridgehead atoms. The van der Waals surface area contributed by atoms with Crippen LogP contribution in [0.4, 0.5) is 5.69 Å². The standard InChI is InChI=1S/C20H21N5O2/c1-5-8-25-13(4)22-16-10-14(6-7-17(16)25)23-19(26)15-9-11(2)21-20-18(15)12(3)24-27-20/h6-7,9-10H,5,8H2,1-4H3,(H,23,26). The van der Waals surface area contributed by atoms with Crippen molar-refractivity contribution in [2.75, 3.05) is 5.32 Å². The van der Waals surface area contributed by atoms with E-state index < -0.39 is 0 Å². The molecular weight excluding hydrogens is 342 g/mol. The first-order chi connectivity index (χ1) is 13.0. The van der Waals surface area contributed by atoms with Crippen molar-refractivity contribution in [1.82, 2.24) is 19.7 Å². The summed E-state index contributed by atoms with van der Waals surface area (Å²) in [4.78, 5) is 21.8. The lowest BCUT2D eigenvalue weighted by Crippen LogP contribution is -2.13. The molecule has 138 valence electrons. The maximum absolute atomic E-state index is 12.9. The molecule has 0 saturated heterocycles. The van der Waals surface area contributed by atoms with Gasteiger partial charge in [0.2, 0.25) is 0 Å². The molecule has 27 heavy (non-hydrogen) atoms. The quantitative estimate of drug-likeness (QED) is 0.588. The van der Waals surface area contributed by atoms with Crippen LogP contribution in [-0.4, -0.2) is 25.6 Å².